The van der Waals surface area contributed by atoms with Gasteiger partial charge in [0.05, 0.1) is 18.8 Å². The topological polar surface area (TPSA) is 93.5 Å². The van der Waals surface area contributed by atoms with Crippen LogP contribution in [0.1, 0.15) is 34.1 Å². The minimum absolute atomic E-state index is 0.183. The Bertz CT molecular complexity index is 887. The van der Waals surface area contributed by atoms with Gasteiger partial charge in [-0.25, -0.2) is 0 Å². The highest BCUT2D eigenvalue weighted by atomic mass is 28.4. The Morgan fingerprint density at radius 3 is 2.13 bits per heavy atom. The van der Waals surface area contributed by atoms with E-state index in [2.05, 4.69) is 55.1 Å². The summed E-state index contributed by atoms with van der Waals surface area (Å²) in [5, 5.41) is 6.00. The summed E-state index contributed by atoms with van der Waals surface area (Å²) >= 11 is 0. The Hall–Kier alpha value is -2.64. The average molecular weight is 440 g/mol. The Morgan fingerprint density at radius 1 is 1.13 bits per heavy atom. The SMILES string of the molecule is CC(=O)OC1C[C@H](N=[N+]=[N-])[C@@H](CO[Si](c2ccccc2)(c2ccccc2)C(C)(C)C)O1. The van der Waals surface area contributed by atoms with Crippen molar-refractivity contribution < 1.29 is 18.7 Å². The standard InChI is InChI=1S/C23H29N3O4Si/c1-17(27)29-22-15-20(25-26-24)21(30-22)16-28-31(23(2,3)4,18-11-7-5-8-12-18)19-13-9-6-10-14-19/h5-14,20-22H,15-16H2,1-4H3/t20-,21+,22?/m0/s1. The highest BCUT2D eigenvalue weighted by molar-refractivity contribution is 6.99. The molecule has 8 heteroatoms. The van der Waals surface area contributed by atoms with E-state index in [4.69, 9.17) is 19.4 Å². The molecule has 0 saturated carbocycles. The number of hydrogen-bond acceptors (Lipinski definition) is 5. The number of carbonyl (C=O) groups is 1. The van der Waals surface area contributed by atoms with E-state index in [1.165, 1.54) is 6.92 Å². The van der Waals surface area contributed by atoms with Crippen molar-refractivity contribution in [2.24, 2.45) is 5.11 Å². The molecular weight excluding hydrogens is 410 g/mol. The summed E-state index contributed by atoms with van der Waals surface area (Å²) in [6.07, 6.45) is -0.916. The van der Waals surface area contributed by atoms with Crippen LogP contribution in [0.25, 0.3) is 10.4 Å². The number of ether oxygens (including phenoxy) is 2. The summed E-state index contributed by atoms with van der Waals surface area (Å²) in [5.41, 5.74) is 8.99. The molecule has 2 aromatic rings. The summed E-state index contributed by atoms with van der Waals surface area (Å²) in [5.74, 6) is -0.432. The minimum atomic E-state index is -2.75. The predicted octanol–water partition coefficient (Wildman–Crippen LogP) is 3.92. The van der Waals surface area contributed by atoms with Crippen LogP contribution >= 0.6 is 0 Å². The van der Waals surface area contributed by atoms with Crippen LogP contribution in [0.5, 0.6) is 0 Å². The van der Waals surface area contributed by atoms with E-state index < -0.39 is 32.7 Å². The normalized spacial score (nSPS) is 21.4. The maximum absolute atomic E-state index is 11.4. The van der Waals surface area contributed by atoms with Crippen molar-refractivity contribution in [2.75, 3.05) is 6.61 Å². The molecule has 0 N–H and O–H groups in total. The van der Waals surface area contributed by atoms with Gasteiger partial charge in [-0.3, -0.25) is 4.79 Å². The van der Waals surface area contributed by atoms with Crippen LogP contribution in [-0.4, -0.2) is 39.3 Å². The van der Waals surface area contributed by atoms with Crippen LogP contribution in [0.4, 0.5) is 0 Å². The molecule has 0 spiro atoms. The molecular formula is C23H29N3O4Si. The first kappa shape index (κ1) is 23.0. The van der Waals surface area contributed by atoms with Crippen LogP contribution in [0, 0.1) is 0 Å². The van der Waals surface area contributed by atoms with E-state index in [-0.39, 0.29) is 11.6 Å². The van der Waals surface area contributed by atoms with Gasteiger partial charge in [-0.2, -0.15) is 0 Å². The quantitative estimate of drug-likeness (QED) is 0.215. The molecule has 1 aliphatic heterocycles. The lowest BCUT2D eigenvalue weighted by molar-refractivity contribution is -0.174. The predicted molar refractivity (Wildman–Crippen MR) is 122 cm³/mol. The van der Waals surface area contributed by atoms with Gasteiger partial charge in [0.2, 0.25) is 6.29 Å². The lowest BCUT2D eigenvalue weighted by atomic mass is 10.1. The maximum Gasteiger partial charge on any atom is 0.304 e. The fraction of sp³-hybridized carbons (Fsp3) is 0.435. The second kappa shape index (κ2) is 9.66. The number of esters is 1. The first-order valence-corrected chi connectivity index (χ1v) is 12.3. The molecule has 164 valence electrons. The third-order valence-electron chi connectivity index (χ3n) is 5.57. The first-order valence-electron chi connectivity index (χ1n) is 10.4. The number of benzene rings is 2. The van der Waals surface area contributed by atoms with Crippen molar-refractivity contribution in [2.45, 2.75) is 57.6 Å². The van der Waals surface area contributed by atoms with Crippen molar-refractivity contribution in [3.63, 3.8) is 0 Å². The molecule has 0 aliphatic carbocycles. The van der Waals surface area contributed by atoms with Gasteiger partial charge in [0.25, 0.3) is 8.32 Å². The molecule has 1 saturated heterocycles. The zero-order chi connectivity index (χ0) is 22.5. The van der Waals surface area contributed by atoms with Gasteiger partial charge < -0.3 is 13.9 Å². The molecule has 1 heterocycles. The van der Waals surface area contributed by atoms with Crippen LogP contribution in [0.2, 0.25) is 5.04 Å². The van der Waals surface area contributed by atoms with E-state index >= 15 is 0 Å². The van der Waals surface area contributed by atoms with Gasteiger partial charge in [-0.15, -0.1) is 0 Å². The van der Waals surface area contributed by atoms with Gasteiger partial charge in [-0.05, 0) is 20.9 Å². The molecule has 1 unspecified atom stereocenters. The smallest absolute Gasteiger partial charge is 0.304 e. The van der Waals surface area contributed by atoms with Crippen LogP contribution in [0.3, 0.4) is 0 Å². The largest absolute Gasteiger partial charge is 0.436 e. The molecule has 3 atom stereocenters. The van der Waals surface area contributed by atoms with Gasteiger partial charge in [0.1, 0.15) is 0 Å². The lowest BCUT2D eigenvalue weighted by Gasteiger charge is -2.43. The fourth-order valence-corrected chi connectivity index (χ4v) is 8.83. The zero-order valence-corrected chi connectivity index (χ0v) is 19.4. The van der Waals surface area contributed by atoms with Crippen molar-refractivity contribution in [3.8, 4) is 0 Å². The van der Waals surface area contributed by atoms with Crippen molar-refractivity contribution in [1.29, 1.82) is 0 Å². The van der Waals surface area contributed by atoms with Gasteiger partial charge >= 0.3 is 5.97 Å². The maximum atomic E-state index is 11.4. The molecule has 2 aromatic carbocycles. The Kier molecular flexibility index (Phi) is 7.18. The van der Waals surface area contributed by atoms with Crippen molar-refractivity contribution in [3.05, 3.63) is 71.1 Å². The second-order valence-corrected chi connectivity index (χ2v) is 13.0. The van der Waals surface area contributed by atoms with E-state index in [9.17, 15) is 4.79 Å². The molecule has 1 fully saturated rings. The summed E-state index contributed by atoms with van der Waals surface area (Å²) in [6.45, 7) is 8.15. The van der Waals surface area contributed by atoms with E-state index in [0.717, 1.165) is 10.4 Å². The third-order valence-corrected chi connectivity index (χ3v) is 10.6. The highest BCUT2D eigenvalue weighted by Crippen LogP contribution is 2.37. The molecule has 7 nitrogen and oxygen atoms in total. The van der Waals surface area contributed by atoms with E-state index in [1.807, 2.05) is 36.4 Å². The highest BCUT2D eigenvalue weighted by Gasteiger charge is 2.51. The van der Waals surface area contributed by atoms with Gasteiger partial charge in [0, 0.05) is 18.3 Å². The summed E-state index contributed by atoms with van der Waals surface area (Å²) < 4.78 is 18.0. The molecule has 3 rings (SSSR count). The number of hydrogen-bond donors (Lipinski definition) is 0. The lowest BCUT2D eigenvalue weighted by Crippen LogP contribution is -2.67. The van der Waals surface area contributed by atoms with Crippen molar-refractivity contribution >= 4 is 24.7 Å². The van der Waals surface area contributed by atoms with Gasteiger partial charge in [0.15, 0.2) is 0 Å². The Labute approximate surface area is 184 Å². The molecule has 0 bridgehead atoms. The van der Waals surface area contributed by atoms with Crippen molar-refractivity contribution in [1.82, 2.24) is 0 Å². The monoisotopic (exact) mass is 439 g/mol. The summed E-state index contributed by atoms with van der Waals surface area (Å²) in [6, 6.07) is 20.1. The molecule has 31 heavy (non-hydrogen) atoms. The summed E-state index contributed by atoms with van der Waals surface area (Å²) in [7, 11) is -2.75. The Morgan fingerprint density at radius 2 is 1.68 bits per heavy atom. The Balaban J connectivity index is 1.97. The molecule has 0 amide bonds. The van der Waals surface area contributed by atoms with Crippen LogP contribution in [0.15, 0.2) is 65.8 Å². The number of azide groups is 1. The number of carbonyl (C=O) groups excluding carboxylic acids is 1. The third kappa shape index (κ3) is 4.99. The number of rotatable bonds is 7. The second-order valence-electron chi connectivity index (χ2n) is 8.70. The van der Waals surface area contributed by atoms with Gasteiger partial charge in [-0.1, -0.05) is 86.5 Å². The van der Waals surface area contributed by atoms with E-state index in [0.29, 0.717) is 6.42 Å². The fourth-order valence-electron chi connectivity index (χ4n) is 4.26. The van der Waals surface area contributed by atoms with E-state index in [1.54, 1.807) is 0 Å². The first-order chi connectivity index (χ1) is 14.8. The molecule has 0 aromatic heterocycles. The van der Waals surface area contributed by atoms with Crippen LogP contribution in [-0.2, 0) is 18.7 Å². The minimum Gasteiger partial charge on any atom is -0.436 e. The molecule has 0 radical (unpaired) electrons. The molecule has 1 aliphatic rings. The summed E-state index contributed by atoms with van der Waals surface area (Å²) in [4.78, 5) is 14.3. The van der Waals surface area contributed by atoms with Crippen LogP contribution < -0.4 is 10.4 Å². The number of nitrogens with zero attached hydrogens (tertiary/aromatic N) is 3. The zero-order valence-electron chi connectivity index (χ0n) is 18.4. The average Bonchev–Trinajstić information content (AvgIpc) is 3.10.